The summed E-state index contributed by atoms with van der Waals surface area (Å²) in [5.74, 6) is 1.81. The molecule has 1 saturated heterocycles. The van der Waals surface area contributed by atoms with E-state index in [9.17, 15) is 0 Å². The van der Waals surface area contributed by atoms with Gasteiger partial charge in [0, 0.05) is 46.3 Å². The van der Waals surface area contributed by atoms with Crippen LogP contribution >= 0.6 is 24.0 Å². The van der Waals surface area contributed by atoms with Gasteiger partial charge < -0.3 is 20.4 Å². The van der Waals surface area contributed by atoms with E-state index in [4.69, 9.17) is 0 Å². The highest BCUT2D eigenvalue weighted by molar-refractivity contribution is 14.0. The van der Waals surface area contributed by atoms with Crippen LogP contribution < -0.4 is 10.6 Å². The van der Waals surface area contributed by atoms with Crippen LogP contribution in [0.3, 0.4) is 0 Å². The van der Waals surface area contributed by atoms with E-state index < -0.39 is 0 Å². The van der Waals surface area contributed by atoms with Gasteiger partial charge in [-0.05, 0) is 38.3 Å². The molecule has 0 unspecified atom stereocenters. The van der Waals surface area contributed by atoms with E-state index >= 15 is 0 Å². The summed E-state index contributed by atoms with van der Waals surface area (Å²) in [6, 6.07) is 0. The first-order valence-electron chi connectivity index (χ1n) is 11.0. The van der Waals surface area contributed by atoms with Crippen molar-refractivity contribution >= 4 is 29.9 Å². The van der Waals surface area contributed by atoms with Crippen molar-refractivity contribution in [3.8, 4) is 0 Å². The second-order valence-electron chi connectivity index (χ2n) is 8.01. The third kappa shape index (κ3) is 14.6. The molecule has 1 heterocycles. The van der Waals surface area contributed by atoms with Crippen LogP contribution in [0.25, 0.3) is 0 Å². The number of hydrogen-bond donors (Lipinski definition) is 2. The molecule has 0 spiro atoms. The van der Waals surface area contributed by atoms with E-state index in [0.717, 1.165) is 25.0 Å². The van der Waals surface area contributed by atoms with E-state index in [1.165, 1.54) is 84.2 Å². The Balaban J connectivity index is 0.00000676. The number of unbranched alkanes of at least 4 members (excludes halogenated alkanes) is 4. The Hall–Kier alpha value is -0.0800. The highest BCUT2D eigenvalue weighted by atomic mass is 127. The van der Waals surface area contributed by atoms with Crippen LogP contribution in [0, 0.1) is 5.92 Å². The SMILES string of the molecule is CCN1CCN(CCCCNC(=NC)NCCCCCCC(C)C)CC1.I. The van der Waals surface area contributed by atoms with Crippen molar-refractivity contribution in [2.45, 2.75) is 65.7 Å². The summed E-state index contributed by atoms with van der Waals surface area (Å²) < 4.78 is 0. The number of hydrogen-bond acceptors (Lipinski definition) is 3. The molecule has 0 aromatic heterocycles. The zero-order valence-corrected chi connectivity index (χ0v) is 20.8. The van der Waals surface area contributed by atoms with Gasteiger partial charge in [-0.25, -0.2) is 0 Å². The minimum absolute atomic E-state index is 0. The molecule has 0 atom stereocenters. The Morgan fingerprint density at radius 3 is 1.96 bits per heavy atom. The van der Waals surface area contributed by atoms with Crippen molar-refractivity contribution in [1.82, 2.24) is 20.4 Å². The maximum Gasteiger partial charge on any atom is 0.190 e. The Kier molecular flexibility index (Phi) is 17.9. The van der Waals surface area contributed by atoms with Crippen molar-refractivity contribution in [2.24, 2.45) is 10.9 Å². The minimum Gasteiger partial charge on any atom is -0.356 e. The highest BCUT2D eigenvalue weighted by Gasteiger charge is 2.14. The predicted octanol–water partition coefficient (Wildman–Crippen LogP) is 3.79. The average molecular weight is 496 g/mol. The number of likely N-dealkylation sites (N-methyl/N-ethyl adjacent to an activating group) is 1. The summed E-state index contributed by atoms with van der Waals surface area (Å²) in [4.78, 5) is 9.48. The zero-order chi connectivity index (χ0) is 19.0. The molecule has 2 N–H and O–H groups in total. The van der Waals surface area contributed by atoms with Crippen molar-refractivity contribution in [3.63, 3.8) is 0 Å². The Morgan fingerprint density at radius 1 is 0.852 bits per heavy atom. The fraction of sp³-hybridized carbons (Fsp3) is 0.952. The van der Waals surface area contributed by atoms with Gasteiger partial charge in [0.15, 0.2) is 5.96 Å². The predicted molar refractivity (Wildman–Crippen MR) is 130 cm³/mol. The number of rotatable bonds is 13. The maximum absolute atomic E-state index is 4.33. The van der Waals surface area contributed by atoms with Gasteiger partial charge in [0.25, 0.3) is 0 Å². The highest BCUT2D eigenvalue weighted by Crippen LogP contribution is 2.09. The molecule has 5 nitrogen and oxygen atoms in total. The molecule has 0 aromatic rings. The van der Waals surface area contributed by atoms with Gasteiger partial charge >= 0.3 is 0 Å². The molecule has 27 heavy (non-hydrogen) atoms. The van der Waals surface area contributed by atoms with Crippen LogP contribution in [-0.4, -0.2) is 75.2 Å². The average Bonchev–Trinajstić information content (AvgIpc) is 2.65. The van der Waals surface area contributed by atoms with Crippen molar-refractivity contribution < 1.29 is 0 Å². The lowest BCUT2D eigenvalue weighted by molar-refractivity contribution is 0.136. The number of halogens is 1. The largest absolute Gasteiger partial charge is 0.356 e. The quantitative estimate of drug-likeness (QED) is 0.177. The summed E-state index contributed by atoms with van der Waals surface area (Å²) in [6.45, 7) is 16.3. The van der Waals surface area contributed by atoms with E-state index in [2.05, 4.69) is 46.2 Å². The minimum atomic E-state index is 0. The normalized spacial score (nSPS) is 16.4. The molecule has 1 aliphatic heterocycles. The first-order chi connectivity index (χ1) is 12.7. The first-order valence-corrected chi connectivity index (χ1v) is 11.0. The standard InChI is InChI=1S/C21H45N5.HI/c1-5-25-16-18-26(19-17-25)15-11-10-14-24-21(22-4)23-13-9-7-6-8-12-20(2)3;/h20H,5-19H2,1-4H3,(H2,22,23,24);1H. The molecule has 0 amide bonds. The maximum atomic E-state index is 4.33. The zero-order valence-electron chi connectivity index (χ0n) is 18.4. The second-order valence-corrected chi connectivity index (χ2v) is 8.01. The molecule has 0 aliphatic carbocycles. The van der Waals surface area contributed by atoms with Gasteiger partial charge in [0.1, 0.15) is 0 Å². The van der Waals surface area contributed by atoms with Crippen LogP contribution in [0.4, 0.5) is 0 Å². The topological polar surface area (TPSA) is 42.9 Å². The number of nitrogens with one attached hydrogen (secondary N) is 2. The second kappa shape index (κ2) is 18.0. The van der Waals surface area contributed by atoms with Crippen LogP contribution in [0.15, 0.2) is 4.99 Å². The molecule has 1 rings (SSSR count). The van der Waals surface area contributed by atoms with Gasteiger partial charge in [0.2, 0.25) is 0 Å². The third-order valence-electron chi connectivity index (χ3n) is 5.33. The van der Waals surface area contributed by atoms with Crippen LogP contribution in [0.5, 0.6) is 0 Å². The van der Waals surface area contributed by atoms with Gasteiger partial charge in [0.05, 0.1) is 0 Å². The van der Waals surface area contributed by atoms with Crippen LogP contribution in [0.1, 0.15) is 65.7 Å². The third-order valence-corrected chi connectivity index (χ3v) is 5.33. The monoisotopic (exact) mass is 495 g/mol. The lowest BCUT2D eigenvalue weighted by Crippen LogP contribution is -2.46. The Bertz CT molecular complexity index is 354. The smallest absolute Gasteiger partial charge is 0.190 e. The fourth-order valence-corrected chi connectivity index (χ4v) is 3.45. The van der Waals surface area contributed by atoms with Gasteiger partial charge in [-0.2, -0.15) is 0 Å². The molecule has 162 valence electrons. The van der Waals surface area contributed by atoms with Gasteiger partial charge in [-0.15, -0.1) is 24.0 Å². The van der Waals surface area contributed by atoms with E-state index in [-0.39, 0.29) is 24.0 Å². The molecule has 0 saturated carbocycles. The van der Waals surface area contributed by atoms with Gasteiger partial charge in [-0.3, -0.25) is 4.99 Å². The Morgan fingerprint density at radius 2 is 1.41 bits per heavy atom. The fourth-order valence-electron chi connectivity index (χ4n) is 3.45. The first kappa shape index (κ1) is 26.9. The summed E-state index contributed by atoms with van der Waals surface area (Å²) in [6.07, 6.45) is 9.14. The molecule has 1 fully saturated rings. The molecular formula is C21H46IN5. The van der Waals surface area contributed by atoms with Crippen molar-refractivity contribution in [2.75, 3.05) is 59.4 Å². The summed E-state index contributed by atoms with van der Waals surface area (Å²) in [5.41, 5.74) is 0. The van der Waals surface area contributed by atoms with Crippen LogP contribution in [-0.2, 0) is 0 Å². The molecule has 0 aromatic carbocycles. The van der Waals surface area contributed by atoms with Crippen molar-refractivity contribution in [1.29, 1.82) is 0 Å². The molecule has 0 bridgehead atoms. The summed E-state index contributed by atoms with van der Waals surface area (Å²) >= 11 is 0. The van der Waals surface area contributed by atoms with Crippen LogP contribution in [0.2, 0.25) is 0 Å². The number of piperazine rings is 1. The molecule has 1 aliphatic rings. The number of aliphatic imine (C=N–C) groups is 1. The van der Waals surface area contributed by atoms with E-state index in [1.54, 1.807) is 0 Å². The summed E-state index contributed by atoms with van der Waals surface area (Å²) in [5, 5.41) is 6.90. The molecular weight excluding hydrogens is 449 g/mol. The lowest BCUT2D eigenvalue weighted by Gasteiger charge is -2.34. The van der Waals surface area contributed by atoms with E-state index in [0.29, 0.717) is 0 Å². The van der Waals surface area contributed by atoms with E-state index in [1.807, 2.05) is 7.05 Å². The lowest BCUT2D eigenvalue weighted by atomic mass is 10.0. The van der Waals surface area contributed by atoms with Gasteiger partial charge in [-0.1, -0.05) is 46.5 Å². The Labute approximate surface area is 186 Å². The van der Waals surface area contributed by atoms with Crippen molar-refractivity contribution in [3.05, 3.63) is 0 Å². The molecule has 0 radical (unpaired) electrons. The number of guanidine groups is 1. The summed E-state index contributed by atoms with van der Waals surface area (Å²) in [7, 11) is 1.87. The number of nitrogens with zero attached hydrogens (tertiary/aromatic N) is 3. The molecule has 6 heteroatoms.